The lowest BCUT2D eigenvalue weighted by atomic mass is 10.2. The summed E-state index contributed by atoms with van der Waals surface area (Å²) in [5.74, 6) is 1.93. The molecule has 1 saturated heterocycles. The molecule has 3 nitrogen and oxygen atoms in total. The minimum Gasteiger partial charge on any atom is -0.302 e. The number of carbonyl (C=O) groups is 1. The van der Waals surface area contributed by atoms with Crippen molar-refractivity contribution in [2.45, 2.75) is 26.2 Å². The minimum atomic E-state index is -0.571. The second kappa shape index (κ2) is 6.30. The van der Waals surface area contributed by atoms with Gasteiger partial charge in [0.25, 0.3) is 0 Å². The maximum absolute atomic E-state index is 11.1. The molecule has 1 heterocycles. The zero-order valence-electron chi connectivity index (χ0n) is 8.83. The lowest BCUT2D eigenvalue weighted by molar-refractivity contribution is -0.117. The van der Waals surface area contributed by atoms with Gasteiger partial charge in [-0.25, -0.2) is 0 Å². The first-order valence-corrected chi connectivity index (χ1v) is 6.74. The molecule has 0 bridgehead atoms. The van der Waals surface area contributed by atoms with Crippen LogP contribution in [0.5, 0.6) is 0 Å². The molecule has 1 fully saturated rings. The Bertz CT molecular complexity index is 208. The topological polar surface area (TPSA) is 37.4 Å². The van der Waals surface area contributed by atoms with Crippen molar-refractivity contribution in [3.05, 3.63) is 0 Å². The van der Waals surface area contributed by atoms with Crippen molar-refractivity contribution >= 4 is 16.6 Å². The molecule has 4 heteroatoms. The lowest BCUT2D eigenvalue weighted by Gasteiger charge is -2.25. The monoisotopic (exact) mass is 217 g/mol. The van der Waals surface area contributed by atoms with E-state index in [1.54, 1.807) is 6.92 Å². The van der Waals surface area contributed by atoms with Crippen molar-refractivity contribution in [2.75, 3.05) is 31.1 Å². The third kappa shape index (κ3) is 4.86. The van der Waals surface area contributed by atoms with Crippen LogP contribution >= 0.6 is 0 Å². The molecule has 0 aromatic rings. The number of rotatable bonds is 5. The second-order valence-corrected chi connectivity index (χ2v) is 5.54. The van der Waals surface area contributed by atoms with Gasteiger partial charge in [-0.15, -0.1) is 0 Å². The molecule has 14 heavy (non-hydrogen) atoms. The summed E-state index contributed by atoms with van der Waals surface area (Å²) in [7, 11) is -0.571. The Kier molecular flexibility index (Phi) is 5.33. The van der Waals surface area contributed by atoms with Crippen molar-refractivity contribution in [1.29, 1.82) is 0 Å². The van der Waals surface area contributed by atoms with Crippen molar-refractivity contribution < 1.29 is 9.00 Å². The van der Waals surface area contributed by atoms with Crippen LogP contribution in [0.3, 0.4) is 0 Å². The number of unbranched alkanes of at least 4 members (excludes halogenated alkanes) is 1. The third-order valence-electron chi connectivity index (χ3n) is 2.52. The van der Waals surface area contributed by atoms with E-state index in [1.165, 1.54) is 0 Å². The van der Waals surface area contributed by atoms with E-state index in [4.69, 9.17) is 0 Å². The number of nitrogens with zero attached hydrogens (tertiary/aromatic N) is 1. The van der Waals surface area contributed by atoms with Crippen LogP contribution in [0.4, 0.5) is 0 Å². The molecule has 0 radical (unpaired) electrons. The molecule has 0 aromatic heterocycles. The van der Waals surface area contributed by atoms with Crippen LogP contribution in [0.1, 0.15) is 26.2 Å². The van der Waals surface area contributed by atoms with E-state index >= 15 is 0 Å². The molecular weight excluding hydrogens is 198 g/mol. The maximum atomic E-state index is 11.1. The predicted octanol–water partition coefficient (Wildman–Crippen LogP) is 0.810. The molecule has 1 aliphatic heterocycles. The standard InChI is InChI=1S/C10H19NO2S/c1-10(12)4-2-3-5-11-6-8-14(13)9-7-11/h2-9H2,1H3. The van der Waals surface area contributed by atoms with E-state index in [9.17, 15) is 9.00 Å². The number of Topliss-reactive ketones (excluding diaryl/α,β-unsaturated/α-hetero) is 1. The highest BCUT2D eigenvalue weighted by atomic mass is 32.2. The summed E-state index contributed by atoms with van der Waals surface area (Å²) in [6, 6.07) is 0. The lowest BCUT2D eigenvalue weighted by Crippen LogP contribution is -2.38. The van der Waals surface area contributed by atoms with Crippen molar-refractivity contribution in [3.8, 4) is 0 Å². The molecule has 0 aromatic carbocycles. The van der Waals surface area contributed by atoms with Gasteiger partial charge in [-0.3, -0.25) is 4.21 Å². The zero-order chi connectivity index (χ0) is 10.4. The summed E-state index contributed by atoms with van der Waals surface area (Å²) in [5, 5.41) is 0. The molecule has 0 N–H and O–H groups in total. The largest absolute Gasteiger partial charge is 0.302 e. The molecule has 0 atom stereocenters. The van der Waals surface area contributed by atoms with Crippen LogP contribution in [-0.4, -0.2) is 46.0 Å². The molecule has 0 aliphatic carbocycles. The molecule has 82 valence electrons. The summed E-state index contributed by atoms with van der Waals surface area (Å²) in [6.07, 6.45) is 2.79. The van der Waals surface area contributed by atoms with E-state index < -0.39 is 10.8 Å². The van der Waals surface area contributed by atoms with Gasteiger partial charge >= 0.3 is 0 Å². The van der Waals surface area contributed by atoms with Crippen molar-refractivity contribution in [3.63, 3.8) is 0 Å². The van der Waals surface area contributed by atoms with Gasteiger partial charge in [0.1, 0.15) is 5.78 Å². The van der Waals surface area contributed by atoms with Gasteiger partial charge in [0.05, 0.1) is 0 Å². The first-order valence-electron chi connectivity index (χ1n) is 5.25. The fraction of sp³-hybridized carbons (Fsp3) is 0.900. The number of hydrogen-bond acceptors (Lipinski definition) is 3. The SMILES string of the molecule is CC(=O)CCCCN1CCS(=O)CC1. The Morgan fingerprint density at radius 3 is 2.50 bits per heavy atom. The molecule has 0 saturated carbocycles. The summed E-state index contributed by atoms with van der Waals surface area (Å²) in [4.78, 5) is 13.0. The van der Waals surface area contributed by atoms with Crippen LogP contribution < -0.4 is 0 Å². The van der Waals surface area contributed by atoms with Crippen LogP contribution in [0.25, 0.3) is 0 Å². The van der Waals surface area contributed by atoms with E-state index in [2.05, 4.69) is 4.90 Å². The van der Waals surface area contributed by atoms with E-state index in [0.29, 0.717) is 6.42 Å². The fourth-order valence-corrected chi connectivity index (χ4v) is 2.74. The Morgan fingerprint density at radius 1 is 1.29 bits per heavy atom. The second-order valence-electron chi connectivity index (χ2n) is 3.85. The predicted molar refractivity (Wildman–Crippen MR) is 58.8 cm³/mol. The molecule has 1 aliphatic rings. The van der Waals surface area contributed by atoms with Crippen molar-refractivity contribution in [2.24, 2.45) is 0 Å². The first-order chi connectivity index (χ1) is 6.68. The average molecular weight is 217 g/mol. The smallest absolute Gasteiger partial charge is 0.129 e. The zero-order valence-corrected chi connectivity index (χ0v) is 9.65. The highest BCUT2D eigenvalue weighted by Gasteiger charge is 2.13. The minimum absolute atomic E-state index is 0.282. The van der Waals surface area contributed by atoms with Crippen LogP contribution in [0, 0.1) is 0 Å². The van der Waals surface area contributed by atoms with Gasteiger partial charge in [-0.1, -0.05) is 0 Å². The molecule has 0 amide bonds. The first kappa shape index (κ1) is 11.9. The van der Waals surface area contributed by atoms with E-state index in [1.807, 2.05) is 0 Å². The normalized spacial score (nSPS) is 19.8. The van der Waals surface area contributed by atoms with Gasteiger partial charge in [0, 0.05) is 41.8 Å². The van der Waals surface area contributed by atoms with Crippen molar-refractivity contribution in [1.82, 2.24) is 4.90 Å². The summed E-state index contributed by atoms with van der Waals surface area (Å²) < 4.78 is 11.1. The van der Waals surface area contributed by atoms with E-state index in [-0.39, 0.29) is 5.78 Å². The third-order valence-corrected chi connectivity index (χ3v) is 3.80. The van der Waals surface area contributed by atoms with Crippen LogP contribution in [0.2, 0.25) is 0 Å². The molecule has 0 unspecified atom stereocenters. The summed E-state index contributed by atoms with van der Waals surface area (Å²) >= 11 is 0. The number of hydrogen-bond donors (Lipinski definition) is 0. The molecular formula is C10H19NO2S. The van der Waals surface area contributed by atoms with Gasteiger partial charge in [-0.2, -0.15) is 0 Å². The summed E-state index contributed by atoms with van der Waals surface area (Å²) in [6.45, 7) is 4.63. The van der Waals surface area contributed by atoms with Crippen LogP contribution in [0.15, 0.2) is 0 Å². The van der Waals surface area contributed by atoms with Gasteiger partial charge in [0.15, 0.2) is 0 Å². The number of ketones is 1. The fourth-order valence-electron chi connectivity index (χ4n) is 1.61. The quantitative estimate of drug-likeness (QED) is 0.640. The van der Waals surface area contributed by atoms with Gasteiger partial charge in [0.2, 0.25) is 0 Å². The maximum Gasteiger partial charge on any atom is 0.129 e. The Hall–Kier alpha value is -0.220. The molecule has 1 rings (SSSR count). The summed E-state index contributed by atoms with van der Waals surface area (Å²) in [5.41, 5.74) is 0. The molecule has 0 spiro atoms. The Balaban J connectivity index is 2.02. The highest BCUT2D eigenvalue weighted by Crippen LogP contribution is 2.03. The van der Waals surface area contributed by atoms with Gasteiger partial charge < -0.3 is 9.69 Å². The number of carbonyl (C=O) groups excluding carboxylic acids is 1. The highest BCUT2D eigenvalue weighted by molar-refractivity contribution is 7.85. The Morgan fingerprint density at radius 2 is 1.93 bits per heavy atom. The average Bonchev–Trinajstić information content (AvgIpc) is 2.15. The van der Waals surface area contributed by atoms with E-state index in [0.717, 1.165) is 44.0 Å². The van der Waals surface area contributed by atoms with Crippen LogP contribution in [-0.2, 0) is 15.6 Å². The Labute approximate surface area is 88.3 Å². The van der Waals surface area contributed by atoms with Gasteiger partial charge in [-0.05, 0) is 26.3 Å².